The predicted molar refractivity (Wildman–Crippen MR) is 142 cm³/mol. The molecule has 0 radical (unpaired) electrons. The maximum absolute atomic E-state index is 13.3. The summed E-state index contributed by atoms with van der Waals surface area (Å²) in [5, 5.41) is 2.96. The van der Waals surface area contributed by atoms with E-state index in [9.17, 15) is 9.59 Å². The Labute approximate surface area is 215 Å². The maximum atomic E-state index is 13.3. The molecule has 2 aliphatic heterocycles. The van der Waals surface area contributed by atoms with Gasteiger partial charge in [-0.05, 0) is 37.1 Å². The van der Waals surface area contributed by atoms with Crippen molar-refractivity contribution in [3.8, 4) is 11.3 Å². The molecule has 1 aromatic heterocycles. The molecule has 2 saturated heterocycles. The second kappa shape index (κ2) is 10.9. The Morgan fingerprint density at radius 3 is 2.54 bits per heavy atom. The van der Waals surface area contributed by atoms with Gasteiger partial charge in [0.25, 0.3) is 11.8 Å². The molecule has 2 fully saturated rings. The lowest BCUT2D eigenvalue weighted by atomic mass is 10.0. The van der Waals surface area contributed by atoms with Crippen LogP contribution in [-0.2, 0) is 4.74 Å². The van der Waals surface area contributed by atoms with Gasteiger partial charge in [-0.1, -0.05) is 24.3 Å². The Hall–Kier alpha value is -4.02. The number of morpholine rings is 1. The largest absolute Gasteiger partial charge is 0.382 e. The van der Waals surface area contributed by atoms with E-state index in [1.165, 1.54) is 6.20 Å². The second-order valence-corrected chi connectivity index (χ2v) is 9.27. The topological polar surface area (TPSA) is 140 Å². The monoisotopic (exact) mass is 501 g/mol. The number of aromatic nitrogens is 2. The zero-order valence-corrected chi connectivity index (χ0v) is 20.6. The molecule has 0 aliphatic carbocycles. The number of nitrogen functional groups attached to an aromatic ring is 1. The molecule has 0 spiro atoms. The van der Waals surface area contributed by atoms with Crippen molar-refractivity contribution < 1.29 is 14.3 Å². The molecular formula is C27H31N7O3. The van der Waals surface area contributed by atoms with E-state index in [4.69, 9.17) is 16.2 Å². The summed E-state index contributed by atoms with van der Waals surface area (Å²) >= 11 is 0. The molecule has 10 nitrogen and oxygen atoms in total. The number of nitrogens with zero attached hydrogens (tertiary/aromatic N) is 4. The van der Waals surface area contributed by atoms with Gasteiger partial charge in [0, 0.05) is 43.3 Å². The first kappa shape index (κ1) is 24.7. The number of para-hydroxylation sites is 2. The molecule has 37 heavy (non-hydrogen) atoms. The minimum absolute atomic E-state index is 0.0258. The second-order valence-electron chi connectivity index (χ2n) is 9.27. The summed E-state index contributed by atoms with van der Waals surface area (Å²) in [6, 6.07) is 15.0. The van der Waals surface area contributed by atoms with Gasteiger partial charge < -0.3 is 31.3 Å². The van der Waals surface area contributed by atoms with E-state index < -0.39 is 5.91 Å². The summed E-state index contributed by atoms with van der Waals surface area (Å²) in [4.78, 5) is 39.0. The van der Waals surface area contributed by atoms with Crippen LogP contribution in [-0.4, -0.2) is 72.1 Å². The van der Waals surface area contributed by atoms with Crippen LogP contribution < -0.4 is 21.7 Å². The molecule has 5 N–H and O–H groups in total. The van der Waals surface area contributed by atoms with Crippen LogP contribution in [0.25, 0.3) is 11.3 Å². The first-order valence-electron chi connectivity index (χ1n) is 12.5. The number of anilines is 3. The van der Waals surface area contributed by atoms with Gasteiger partial charge in [0.2, 0.25) is 0 Å². The number of nitrogens with one attached hydrogen (secondary N) is 1. The van der Waals surface area contributed by atoms with Crippen molar-refractivity contribution in [3.63, 3.8) is 0 Å². The third-order valence-corrected chi connectivity index (χ3v) is 6.75. The van der Waals surface area contributed by atoms with E-state index in [1.807, 2.05) is 30.3 Å². The number of piperidine rings is 1. The van der Waals surface area contributed by atoms with Crippen molar-refractivity contribution in [2.75, 3.05) is 55.3 Å². The zero-order chi connectivity index (χ0) is 25.8. The Bertz CT molecular complexity index is 1280. The highest BCUT2D eigenvalue weighted by molar-refractivity contribution is 6.07. The number of carbonyl (C=O) groups excluding carboxylic acids is 2. The third-order valence-electron chi connectivity index (χ3n) is 6.75. The predicted octanol–water partition coefficient (Wildman–Crippen LogP) is 2.38. The lowest BCUT2D eigenvalue weighted by Gasteiger charge is -2.33. The summed E-state index contributed by atoms with van der Waals surface area (Å²) in [5.41, 5.74) is 15.4. The van der Waals surface area contributed by atoms with Gasteiger partial charge in [0.1, 0.15) is 0 Å². The molecule has 2 aromatic carbocycles. The molecule has 3 aromatic rings. The van der Waals surface area contributed by atoms with Crippen LogP contribution in [0.2, 0.25) is 0 Å². The van der Waals surface area contributed by atoms with Gasteiger partial charge >= 0.3 is 0 Å². The zero-order valence-electron chi connectivity index (χ0n) is 20.6. The minimum atomic E-state index is -0.450. The Kier molecular flexibility index (Phi) is 7.29. The van der Waals surface area contributed by atoms with Crippen LogP contribution >= 0.6 is 0 Å². The van der Waals surface area contributed by atoms with Crippen LogP contribution in [0, 0.1) is 0 Å². The normalized spacial score (nSPS) is 16.5. The van der Waals surface area contributed by atoms with Crippen LogP contribution in [0.3, 0.4) is 0 Å². The summed E-state index contributed by atoms with van der Waals surface area (Å²) in [6.45, 7) is 3.82. The molecule has 0 unspecified atom stereocenters. The Morgan fingerprint density at radius 1 is 1.00 bits per heavy atom. The summed E-state index contributed by atoms with van der Waals surface area (Å²) in [7, 11) is 0. The number of benzene rings is 2. The average molecular weight is 502 g/mol. The molecule has 3 heterocycles. The quantitative estimate of drug-likeness (QED) is 0.484. The molecular weight excluding hydrogens is 470 g/mol. The van der Waals surface area contributed by atoms with Crippen molar-refractivity contribution in [1.29, 1.82) is 0 Å². The molecule has 0 saturated carbocycles. The van der Waals surface area contributed by atoms with Gasteiger partial charge in [0.05, 0.1) is 36.5 Å². The van der Waals surface area contributed by atoms with Gasteiger partial charge in [-0.3, -0.25) is 9.59 Å². The van der Waals surface area contributed by atoms with Gasteiger partial charge in [-0.2, -0.15) is 0 Å². The maximum Gasteiger partial charge on any atom is 0.278 e. The SMILES string of the molecule is Nc1ncc(-c2cccc(C(=O)N3CCOCC3)c2)nc1C(=O)Nc1ccccc1N1CCC(N)CC1. The summed E-state index contributed by atoms with van der Waals surface area (Å²) in [6.07, 6.45) is 3.31. The van der Waals surface area contributed by atoms with Crippen LogP contribution in [0.4, 0.5) is 17.2 Å². The number of nitrogens with two attached hydrogens (primary N) is 2. The van der Waals surface area contributed by atoms with Crippen LogP contribution in [0.15, 0.2) is 54.7 Å². The van der Waals surface area contributed by atoms with Crippen molar-refractivity contribution >= 4 is 29.0 Å². The van der Waals surface area contributed by atoms with E-state index in [-0.39, 0.29) is 23.5 Å². The molecule has 0 atom stereocenters. The number of rotatable bonds is 5. The molecule has 10 heteroatoms. The number of ether oxygens (including phenoxy) is 1. The number of carbonyl (C=O) groups is 2. The van der Waals surface area contributed by atoms with Crippen molar-refractivity contribution in [1.82, 2.24) is 14.9 Å². The van der Waals surface area contributed by atoms with Crippen LogP contribution in [0.1, 0.15) is 33.7 Å². The third kappa shape index (κ3) is 5.55. The highest BCUT2D eigenvalue weighted by Gasteiger charge is 2.22. The number of amides is 2. The van der Waals surface area contributed by atoms with E-state index in [1.54, 1.807) is 23.1 Å². The molecule has 2 aliphatic rings. The highest BCUT2D eigenvalue weighted by atomic mass is 16.5. The first-order chi connectivity index (χ1) is 18.0. The van der Waals surface area contributed by atoms with E-state index in [2.05, 4.69) is 20.2 Å². The van der Waals surface area contributed by atoms with Crippen LogP contribution in [0.5, 0.6) is 0 Å². The lowest BCUT2D eigenvalue weighted by molar-refractivity contribution is 0.0303. The lowest BCUT2D eigenvalue weighted by Crippen LogP contribution is -2.40. The molecule has 5 rings (SSSR count). The van der Waals surface area contributed by atoms with E-state index in [0.29, 0.717) is 48.8 Å². The average Bonchev–Trinajstić information content (AvgIpc) is 2.94. The smallest absolute Gasteiger partial charge is 0.278 e. The van der Waals surface area contributed by atoms with E-state index in [0.717, 1.165) is 31.6 Å². The summed E-state index contributed by atoms with van der Waals surface area (Å²) in [5.74, 6) is -0.487. The molecule has 192 valence electrons. The van der Waals surface area contributed by atoms with Gasteiger partial charge in [-0.15, -0.1) is 0 Å². The molecule has 0 bridgehead atoms. The number of hydrogen-bond donors (Lipinski definition) is 3. The van der Waals surface area contributed by atoms with Gasteiger partial charge in [-0.25, -0.2) is 9.97 Å². The van der Waals surface area contributed by atoms with Crippen molar-refractivity contribution in [2.24, 2.45) is 5.73 Å². The van der Waals surface area contributed by atoms with Crippen molar-refractivity contribution in [3.05, 3.63) is 66.0 Å². The Morgan fingerprint density at radius 2 is 1.76 bits per heavy atom. The van der Waals surface area contributed by atoms with E-state index >= 15 is 0 Å². The minimum Gasteiger partial charge on any atom is -0.382 e. The van der Waals surface area contributed by atoms with Gasteiger partial charge in [0.15, 0.2) is 11.5 Å². The molecule has 2 amide bonds. The summed E-state index contributed by atoms with van der Waals surface area (Å²) < 4.78 is 5.34. The number of hydrogen-bond acceptors (Lipinski definition) is 8. The van der Waals surface area contributed by atoms with Crippen molar-refractivity contribution in [2.45, 2.75) is 18.9 Å². The Balaban J connectivity index is 1.37. The fourth-order valence-electron chi connectivity index (χ4n) is 4.64. The first-order valence-corrected chi connectivity index (χ1v) is 12.5. The highest BCUT2D eigenvalue weighted by Crippen LogP contribution is 2.29. The fourth-order valence-corrected chi connectivity index (χ4v) is 4.64. The fraction of sp³-hybridized carbons (Fsp3) is 0.333. The standard InChI is InChI=1S/C27H31N7O3/c28-20-8-10-33(11-9-20)23-7-2-1-6-21(23)32-26(35)24-25(29)30-17-22(31-24)18-4-3-5-19(16-18)27(36)34-12-14-37-15-13-34/h1-7,16-17,20H,8-15,28H2,(H2,29,30)(H,32,35).